The number of halogens is 3. The number of aryl methyl sites for hydroxylation is 1. The molecule has 7 nitrogen and oxygen atoms in total. The summed E-state index contributed by atoms with van der Waals surface area (Å²) in [6, 6.07) is 1.90. The Bertz CT molecular complexity index is 794. The van der Waals surface area contributed by atoms with Crippen LogP contribution in [0.25, 0.3) is 5.78 Å². The van der Waals surface area contributed by atoms with Crippen molar-refractivity contribution in [1.29, 1.82) is 0 Å². The number of likely N-dealkylation sites (tertiary alicyclic amines) is 1. The van der Waals surface area contributed by atoms with Crippen molar-refractivity contribution in [2.24, 2.45) is 5.92 Å². The second-order valence-corrected chi connectivity index (χ2v) is 7.38. The van der Waals surface area contributed by atoms with Crippen LogP contribution in [0.15, 0.2) is 6.07 Å². The number of nitrogens with one attached hydrogen (secondary N) is 1. The summed E-state index contributed by atoms with van der Waals surface area (Å²) in [7, 11) is 0. The van der Waals surface area contributed by atoms with E-state index in [2.05, 4.69) is 25.3 Å². The van der Waals surface area contributed by atoms with Crippen LogP contribution >= 0.6 is 0 Å². The van der Waals surface area contributed by atoms with E-state index in [1.165, 1.54) is 0 Å². The predicted octanol–water partition coefficient (Wildman–Crippen LogP) is 2.36. The number of nitrogens with zero attached hydrogens (tertiary/aromatic N) is 5. The van der Waals surface area contributed by atoms with Gasteiger partial charge in [0.2, 0.25) is 0 Å². The zero-order chi connectivity index (χ0) is 19.0. The minimum atomic E-state index is -4.59. The third-order valence-electron chi connectivity index (χ3n) is 5.17. The number of fused-ring (bicyclic) bond motifs is 1. The van der Waals surface area contributed by atoms with Crippen molar-refractivity contribution in [3.05, 3.63) is 17.6 Å². The molecule has 0 aromatic carbocycles. The van der Waals surface area contributed by atoms with E-state index in [0.717, 1.165) is 56.6 Å². The van der Waals surface area contributed by atoms with Crippen LogP contribution < -0.4 is 5.32 Å². The maximum atomic E-state index is 12.9. The highest BCUT2D eigenvalue weighted by molar-refractivity contribution is 5.46. The fourth-order valence-electron chi connectivity index (χ4n) is 3.77. The molecule has 4 rings (SSSR count). The monoisotopic (exact) mass is 384 g/mol. The quantitative estimate of drug-likeness (QED) is 0.873. The molecule has 0 bridgehead atoms. The topological polar surface area (TPSA) is 67.6 Å². The third-order valence-corrected chi connectivity index (χ3v) is 5.17. The Labute approximate surface area is 154 Å². The van der Waals surface area contributed by atoms with Gasteiger partial charge in [0.15, 0.2) is 0 Å². The molecule has 1 unspecified atom stereocenters. The molecule has 2 saturated heterocycles. The van der Waals surface area contributed by atoms with E-state index in [1.807, 2.05) is 0 Å². The molecule has 0 radical (unpaired) electrons. The maximum absolute atomic E-state index is 12.9. The lowest BCUT2D eigenvalue weighted by molar-refractivity contribution is -0.144. The van der Waals surface area contributed by atoms with Gasteiger partial charge in [-0.25, -0.2) is 4.98 Å². The van der Waals surface area contributed by atoms with Crippen LogP contribution in [-0.4, -0.2) is 63.4 Å². The van der Waals surface area contributed by atoms with Crippen molar-refractivity contribution in [2.45, 2.75) is 38.4 Å². The van der Waals surface area contributed by atoms with Gasteiger partial charge in [0.05, 0.1) is 6.61 Å². The van der Waals surface area contributed by atoms with Crippen molar-refractivity contribution in [3.63, 3.8) is 0 Å². The summed E-state index contributed by atoms with van der Waals surface area (Å²) in [6.07, 6.45) is -1.61. The molecule has 1 atom stereocenters. The highest BCUT2D eigenvalue weighted by atomic mass is 19.4. The average Bonchev–Trinajstić information content (AvgIpc) is 3.25. The van der Waals surface area contributed by atoms with Gasteiger partial charge < -0.3 is 15.0 Å². The zero-order valence-corrected chi connectivity index (χ0v) is 15.2. The van der Waals surface area contributed by atoms with Crippen molar-refractivity contribution in [2.75, 3.05) is 38.2 Å². The van der Waals surface area contributed by atoms with Crippen molar-refractivity contribution < 1.29 is 17.9 Å². The zero-order valence-electron chi connectivity index (χ0n) is 15.2. The summed E-state index contributed by atoms with van der Waals surface area (Å²) in [5.74, 6) is -0.0863. The molecule has 148 valence electrons. The molecule has 1 N–H and O–H groups in total. The molecule has 0 spiro atoms. The van der Waals surface area contributed by atoms with Crippen LogP contribution in [0.5, 0.6) is 0 Å². The van der Waals surface area contributed by atoms with E-state index in [4.69, 9.17) is 4.74 Å². The number of anilines is 1. The molecule has 2 aromatic rings. The van der Waals surface area contributed by atoms with Crippen LogP contribution in [-0.2, 0) is 10.9 Å². The van der Waals surface area contributed by atoms with Gasteiger partial charge in [0, 0.05) is 44.0 Å². The minimum Gasteiger partial charge on any atom is -0.381 e. The fraction of sp³-hybridized carbons (Fsp3) is 0.706. The van der Waals surface area contributed by atoms with E-state index in [9.17, 15) is 13.2 Å². The third kappa shape index (κ3) is 4.16. The molecule has 27 heavy (non-hydrogen) atoms. The number of rotatable bonds is 4. The number of hydrogen-bond acceptors (Lipinski definition) is 6. The Morgan fingerprint density at radius 1 is 1.22 bits per heavy atom. The highest BCUT2D eigenvalue weighted by Crippen LogP contribution is 2.27. The Morgan fingerprint density at radius 3 is 2.67 bits per heavy atom. The SMILES string of the molecule is Cc1cc(NC2CCN(CC3CCOC3)CC2)n2nc(C(F)(F)F)nc2n1. The van der Waals surface area contributed by atoms with Gasteiger partial charge in [-0.05, 0) is 32.1 Å². The predicted molar refractivity (Wildman–Crippen MR) is 92.5 cm³/mol. The van der Waals surface area contributed by atoms with E-state index in [1.54, 1.807) is 13.0 Å². The molecular formula is C17H23F3N6O. The normalized spacial score (nSPS) is 22.6. The minimum absolute atomic E-state index is 0.0384. The molecular weight excluding hydrogens is 361 g/mol. The summed E-state index contributed by atoms with van der Waals surface area (Å²) < 4.78 is 45.4. The molecule has 2 aromatic heterocycles. The molecule has 4 heterocycles. The molecule has 0 amide bonds. The number of hydrogen-bond donors (Lipinski definition) is 1. The van der Waals surface area contributed by atoms with Crippen LogP contribution in [0.2, 0.25) is 0 Å². The number of piperidine rings is 1. The van der Waals surface area contributed by atoms with Gasteiger partial charge >= 0.3 is 6.18 Å². The number of ether oxygens (including phenoxy) is 1. The molecule has 2 fully saturated rings. The summed E-state index contributed by atoms with van der Waals surface area (Å²) in [6.45, 7) is 6.43. The average molecular weight is 384 g/mol. The van der Waals surface area contributed by atoms with Gasteiger partial charge in [-0.3, -0.25) is 0 Å². The molecule has 2 aliphatic heterocycles. The lowest BCUT2D eigenvalue weighted by Crippen LogP contribution is -2.41. The Kier molecular flexibility index (Phi) is 4.94. The first-order valence-electron chi connectivity index (χ1n) is 9.27. The summed E-state index contributed by atoms with van der Waals surface area (Å²) in [5, 5.41) is 6.95. The standard InChI is InChI=1S/C17H23F3N6O/c1-11-8-14(26-16(21-11)23-15(24-26)17(18,19)20)22-13-2-5-25(6-3-13)9-12-4-7-27-10-12/h8,12-13,22H,2-7,9-10H2,1H3. The second-order valence-electron chi connectivity index (χ2n) is 7.38. The first kappa shape index (κ1) is 18.4. The Morgan fingerprint density at radius 2 is 2.00 bits per heavy atom. The lowest BCUT2D eigenvalue weighted by Gasteiger charge is -2.34. The van der Waals surface area contributed by atoms with E-state index in [0.29, 0.717) is 17.4 Å². The largest absolute Gasteiger partial charge is 0.453 e. The van der Waals surface area contributed by atoms with Crippen molar-refractivity contribution >= 4 is 11.6 Å². The van der Waals surface area contributed by atoms with Crippen molar-refractivity contribution in [3.8, 4) is 0 Å². The van der Waals surface area contributed by atoms with Crippen LogP contribution in [0.4, 0.5) is 19.0 Å². The maximum Gasteiger partial charge on any atom is 0.453 e. The van der Waals surface area contributed by atoms with Crippen LogP contribution in [0.3, 0.4) is 0 Å². The smallest absolute Gasteiger partial charge is 0.381 e. The molecule has 0 saturated carbocycles. The van der Waals surface area contributed by atoms with Gasteiger partial charge in [-0.2, -0.15) is 22.7 Å². The van der Waals surface area contributed by atoms with Crippen LogP contribution in [0, 0.1) is 12.8 Å². The second kappa shape index (κ2) is 7.23. The molecule has 0 aliphatic carbocycles. The summed E-state index contributed by atoms with van der Waals surface area (Å²) in [5.41, 5.74) is 0.602. The Balaban J connectivity index is 1.43. The van der Waals surface area contributed by atoms with Gasteiger partial charge in [-0.1, -0.05) is 0 Å². The fourth-order valence-corrected chi connectivity index (χ4v) is 3.77. The highest BCUT2D eigenvalue weighted by Gasteiger charge is 2.37. The van der Waals surface area contributed by atoms with Crippen LogP contribution in [0.1, 0.15) is 30.8 Å². The first-order chi connectivity index (χ1) is 12.9. The van der Waals surface area contributed by atoms with E-state index < -0.39 is 12.0 Å². The number of aromatic nitrogens is 4. The molecule has 2 aliphatic rings. The van der Waals surface area contributed by atoms with E-state index >= 15 is 0 Å². The summed E-state index contributed by atoms with van der Waals surface area (Å²) in [4.78, 5) is 10.0. The van der Waals surface area contributed by atoms with Gasteiger partial charge in [0.1, 0.15) is 5.82 Å². The van der Waals surface area contributed by atoms with Gasteiger partial charge in [-0.15, -0.1) is 5.10 Å². The Hall–Kier alpha value is -1.94. The number of alkyl halides is 3. The van der Waals surface area contributed by atoms with Crippen molar-refractivity contribution in [1.82, 2.24) is 24.5 Å². The summed E-state index contributed by atoms with van der Waals surface area (Å²) >= 11 is 0. The first-order valence-corrected chi connectivity index (χ1v) is 9.27. The molecule has 10 heteroatoms. The van der Waals surface area contributed by atoms with Gasteiger partial charge in [0.25, 0.3) is 11.6 Å². The lowest BCUT2D eigenvalue weighted by atomic mass is 10.0. The van der Waals surface area contributed by atoms with E-state index in [-0.39, 0.29) is 11.8 Å².